The van der Waals surface area contributed by atoms with Gasteiger partial charge < -0.3 is 10.1 Å². The van der Waals surface area contributed by atoms with E-state index in [1.807, 2.05) is 26.2 Å². The number of aromatic nitrogens is 3. The normalized spacial score (nSPS) is 12.2. The Morgan fingerprint density at radius 2 is 2.00 bits per heavy atom. The molecular formula is C12H16N4OS. The Kier molecular flexibility index (Phi) is 3.76. The number of anilines is 1. The molecule has 0 fully saturated rings. The first-order valence-electron chi connectivity index (χ1n) is 5.66. The molecule has 2 aromatic rings. The molecule has 2 aromatic heterocycles. The molecule has 0 aromatic carbocycles. The van der Waals surface area contributed by atoms with Crippen molar-refractivity contribution in [1.29, 1.82) is 0 Å². The first-order chi connectivity index (χ1) is 8.58. The van der Waals surface area contributed by atoms with Crippen molar-refractivity contribution in [3.63, 3.8) is 0 Å². The summed E-state index contributed by atoms with van der Waals surface area (Å²) in [5, 5.41) is 6.29. The molecule has 5 nitrogen and oxygen atoms in total. The highest BCUT2D eigenvalue weighted by Crippen LogP contribution is 2.21. The summed E-state index contributed by atoms with van der Waals surface area (Å²) in [5.41, 5.74) is 1.90. The first-order valence-corrected chi connectivity index (χ1v) is 6.54. The molecule has 0 aliphatic carbocycles. The quantitative estimate of drug-likeness (QED) is 0.920. The van der Waals surface area contributed by atoms with Crippen LogP contribution in [0.3, 0.4) is 0 Å². The Balaban J connectivity index is 2.16. The van der Waals surface area contributed by atoms with E-state index in [0.717, 1.165) is 16.4 Å². The molecule has 2 heterocycles. The number of thiazole rings is 1. The van der Waals surface area contributed by atoms with Crippen molar-refractivity contribution in [3.8, 4) is 5.88 Å². The highest BCUT2D eigenvalue weighted by atomic mass is 32.1. The molecule has 0 aliphatic heterocycles. The van der Waals surface area contributed by atoms with Crippen LogP contribution in [0, 0.1) is 13.8 Å². The van der Waals surface area contributed by atoms with Crippen molar-refractivity contribution in [2.45, 2.75) is 26.8 Å². The van der Waals surface area contributed by atoms with Crippen molar-refractivity contribution in [2.75, 3.05) is 12.4 Å². The van der Waals surface area contributed by atoms with E-state index in [1.165, 1.54) is 0 Å². The maximum Gasteiger partial charge on any atom is 0.226 e. The maximum absolute atomic E-state index is 5.12. The van der Waals surface area contributed by atoms with E-state index >= 15 is 0 Å². The fourth-order valence-electron chi connectivity index (χ4n) is 1.54. The lowest BCUT2D eigenvalue weighted by Crippen LogP contribution is -2.10. The lowest BCUT2D eigenvalue weighted by atomic mass is 10.3. The number of rotatable bonds is 4. The van der Waals surface area contributed by atoms with Crippen molar-refractivity contribution < 1.29 is 4.74 Å². The molecule has 1 atom stereocenters. The summed E-state index contributed by atoms with van der Waals surface area (Å²) < 4.78 is 5.12. The zero-order valence-corrected chi connectivity index (χ0v) is 11.7. The van der Waals surface area contributed by atoms with Crippen LogP contribution in [0.5, 0.6) is 5.88 Å². The Morgan fingerprint density at radius 1 is 1.22 bits per heavy atom. The monoisotopic (exact) mass is 264 g/mol. The fraction of sp³-hybridized carbons (Fsp3) is 0.417. The third-order valence-corrected chi connectivity index (χ3v) is 3.54. The summed E-state index contributed by atoms with van der Waals surface area (Å²) in [4.78, 5) is 13.0. The molecule has 0 saturated carbocycles. The Bertz CT molecular complexity index is 541. The van der Waals surface area contributed by atoms with Crippen molar-refractivity contribution in [3.05, 3.63) is 27.8 Å². The van der Waals surface area contributed by atoms with Crippen LogP contribution in [0.2, 0.25) is 0 Å². The van der Waals surface area contributed by atoms with Gasteiger partial charge in [0.05, 0.1) is 13.2 Å². The molecule has 0 radical (unpaired) electrons. The molecule has 18 heavy (non-hydrogen) atoms. The van der Waals surface area contributed by atoms with Gasteiger partial charge in [-0.1, -0.05) is 0 Å². The van der Waals surface area contributed by atoms with Gasteiger partial charge in [0.2, 0.25) is 11.8 Å². The van der Waals surface area contributed by atoms with Gasteiger partial charge in [-0.05, 0) is 20.8 Å². The molecule has 6 heteroatoms. The standard InChI is InChI=1S/C12H16N4OS/c1-7-5-10(17-4)16-12(14-7)15-9(3)11-13-8(2)6-18-11/h5-6,9H,1-4H3,(H,14,15,16)/t9-/m0/s1. The lowest BCUT2D eigenvalue weighted by Gasteiger charge is -2.12. The number of hydrogen-bond acceptors (Lipinski definition) is 6. The number of ether oxygens (including phenoxy) is 1. The summed E-state index contributed by atoms with van der Waals surface area (Å²) in [5.74, 6) is 1.12. The van der Waals surface area contributed by atoms with Gasteiger partial charge in [0.15, 0.2) is 0 Å². The molecule has 0 amide bonds. The number of methoxy groups -OCH3 is 1. The van der Waals surface area contributed by atoms with Crippen LogP contribution in [-0.4, -0.2) is 22.1 Å². The summed E-state index contributed by atoms with van der Waals surface area (Å²) in [6, 6.07) is 1.87. The summed E-state index contributed by atoms with van der Waals surface area (Å²) in [6.07, 6.45) is 0. The van der Waals surface area contributed by atoms with Crippen LogP contribution in [0.1, 0.15) is 29.4 Å². The number of hydrogen-bond donors (Lipinski definition) is 1. The predicted octanol–water partition coefficient (Wildman–Crippen LogP) is 2.73. The fourth-order valence-corrected chi connectivity index (χ4v) is 2.34. The van der Waals surface area contributed by atoms with Gasteiger partial charge >= 0.3 is 0 Å². The van der Waals surface area contributed by atoms with E-state index in [2.05, 4.69) is 20.3 Å². The zero-order chi connectivity index (χ0) is 13.1. The Morgan fingerprint density at radius 3 is 2.61 bits per heavy atom. The third kappa shape index (κ3) is 2.95. The summed E-state index contributed by atoms with van der Waals surface area (Å²) in [7, 11) is 1.60. The molecule has 0 saturated heterocycles. The zero-order valence-electron chi connectivity index (χ0n) is 10.9. The van der Waals surface area contributed by atoms with E-state index < -0.39 is 0 Å². The van der Waals surface area contributed by atoms with E-state index in [9.17, 15) is 0 Å². The van der Waals surface area contributed by atoms with E-state index in [-0.39, 0.29) is 6.04 Å². The SMILES string of the molecule is COc1cc(C)nc(N[C@@H](C)c2nc(C)cs2)n1. The van der Waals surface area contributed by atoms with E-state index in [1.54, 1.807) is 24.5 Å². The highest BCUT2D eigenvalue weighted by molar-refractivity contribution is 7.09. The van der Waals surface area contributed by atoms with E-state index in [4.69, 9.17) is 4.74 Å². The Hall–Kier alpha value is -1.69. The maximum atomic E-state index is 5.12. The highest BCUT2D eigenvalue weighted by Gasteiger charge is 2.11. The van der Waals surface area contributed by atoms with Crippen molar-refractivity contribution in [1.82, 2.24) is 15.0 Å². The predicted molar refractivity (Wildman–Crippen MR) is 72.2 cm³/mol. The topological polar surface area (TPSA) is 59.9 Å². The molecule has 1 N–H and O–H groups in total. The minimum absolute atomic E-state index is 0.0789. The molecule has 2 rings (SSSR count). The largest absolute Gasteiger partial charge is 0.481 e. The van der Waals surface area contributed by atoms with Crippen LogP contribution in [0.25, 0.3) is 0 Å². The van der Waals surface area contributed by atoms with Crippen molar-refractivity contribution in [2.24, 2.45) is 0 Å². The second-order valence-electron chi connectivity index (χ2n) is 4.07. The minimum Gasteiger partial charge on any atom is -0.481 e. The second-order valence-corrected chi connectivity index (χ2v) is 4.96. The van der Waals surface area contributed by atoms with Gasteiger partial charge in [-0.2, -0.15) is 4.98 Å². The molecular weight excluding hydrogens is 248 g/mol. The number of aryl methyl sites for hydroxylation is 2. The van der Waals surface area contributed by atoms with Gasteiger partial charge in [-0.15, -0.1) is 11.3 Å². The van der Waals surface area contributed by atoms with Crippen LogP contribution >= 0.6 is 11.3 Å². The van der Waals surface area contributed by atoms with Crippen LogP contribution in [-0.2, 0) is 0 Å². The Labute approximate surface area is 110 Å². The smallest absolute Gasteiger partial charge is 0.226 e. The van der Waals surface area contributed by atoms with Crippen LogP contribution < -0.4 is 10.1 Å². The minimum atomic E-state index is 0.0789. The van der Waals surface area contributed by atoms with Crippen LogP contribution in [0.15, 0.2) is 11.4 Å². The van der Waals surface area contributed by atoms with Crippen molar-refractivity contribution >= 4 is 17.3 Å². The average molecular weight is 264 g/mol. The first kappa shape index (κ1) is 12.8. The second kappa shape index (κ2) is 5.30. The average Bonchev–Trinajstić information content (AvgIpc) is 2.75. The number of nitrogens with one attached hydrogen (secondary N) is 1. The third-order valence-electron chi connectivity index (χ3n) is 2.39. The number of nitrogens with zero attached hydrogens (tertiary/aromatic N) is 3. The lowest BCUT2D eigenvalue weighted by molar-refractivity contribution is 0.397. The van der Waals surface area contributed by atoms with Gasteiger partial charge in [-0.25, -0.2) is 9.97 Å². The molecule has 0 spiro atoms. The van der Waals surface area contributed by atoms with Gasteiger partial charge in [-0.3, -0.25) is 0 Å². The molecule has 96 valence electrons. The van der Waals surface area contributed by atoms with Gasteiger partial charge in [0, 0.05) is 22.8 Å². The summed E-state index contributed by atoms with van der Waals surface area (Å²) >= 11 is 1.63. The molecule has 0 unspecified atom stereocenters. The van der Waals surface area contributed by atoms with Crippen LogP contribution in [0.4, 0.5) is 5.95 Å². The van der Waals surface area contributed by atoms with Gasteiger partial charge in [0.25, 0.3) is 0 Å². The molecule has 0 bridgehead atoms. The summed E-state index contributed by atoms with van der Waals surface area (Å²) in [6.45, 7) is 5.93. The van der Waals surface area contributed by atoms with E-state index in [0.29, 0.717) is 11.8 Å². The van der Waals surface area contributed by atoms with Gasteiger partial charge in [0.1, 0.15) is 5.01 Å². The molecule has 0 aliphatic rings.